The summed E-state index contributed by atoms with van der Waals surface area (Å²) in [5, 5.41) is 7.76. The van der Waals surface area contributed by atoms with Gasteiger partial charge in [0, 0.05) is 17.5 Å². The maximum absolute atomic E-state index is 13.9. The quantitative estimate of drug-likeness (QED) is 0.259. The molecule has 0 fully saturated rings. The van der Waals surface area contributed by atoms with Crippen LogP contribution in [-0.2, 0) is 18.9 Å². The van der Waals surface area contributed by atoms with Crippen LogP contribution in [0.25, 0.3) is 16.4 Å². The van der Waals surface area contributed by atoms with Crippen LogP contribution in [0.2, 0.25) is 10.0 Å². The van der Waals surface area contributed by atoms with E-state index in [9.17, 15) is 31.1 Å². The topological polar surface area (TPSA) is 59.8 Å². The summed E-state index contributed by atoms with van der Waals surface area (Å²) in [5.41, 5.74) is -2.25. The fourth-order valence-corrected chi connectivity index (χ4v) is 4.31. The number of carbonyl (C=O) groups is 1. The van der Waals surface area contributed by atoms with Gasteiger partial charge in [0.05, 0.1) is 33.1 Å². The van der Waals surface area contributed by atoms with Crippen LogP contribution in [0.3, 0.4) is 0 Å². The number of nitrogens with zero attached hydrogens (tertiary/aromatic N) is 3. The average Bonchev–Trinajstić information content (AvgIpc) is 3.46. The highest BCUT2D eigenvalue weighted by molar-refractivity contribution is 7.12. The van der Waals surface area contributed by atoms with Crippen LogP contribution in [0.1, 0.15) is 27.2 Å². The first-order chi connectivity index (χ1) is 16.8. The molecule has 0 bridgehead atoms. The average molecular weight is 565 g/mol. The number of carbonyl (C=O) groups excluding carboxylic acids is 1. The first-order valence-electron chi connectivity index (χ1n) is 9.85. The van der Waals surface area contributed by atoms with Crippen LogP contribution in [0.5, 0.6) is 0 Å². The molecule has 2 aromatic heterocycles. The SMILES string of the molecule is O=C(NCc1cccc(C(F)(F)F)c1)c1cnn(-c2nc(-c3ccc(Cl)c(Cl)c3)cs2)c1C(F)(F)F. The van der Waals surface area contributed by atoms with Gasteiger partial charge in [-0.25, -0.2) is 9.67 Å². The van der Waals surface area contributed by atoms with Crippen molar-refractivity contribution < 1.29 is 31.1 Å². The highest BCUT2D eigenvalue weighted by Crippen LogP contribution is 2.36. The van der Waals surface area contributed by atoms with E-state index in [1.165, 1.54) is 23.6 Å². The summed E-state index contributed by atoms with van der Waals surface area (Å²) in [6, 6.07) is 8.70. The molecule has 0 saturated carbocycles. The number of hydrogen-bond donors (Lipinski definition) is 1. The molecule has 0 aliphatic rings. The first-order valence-corrected chi connectivity index (χ1v) is 11.5. The van der Waals surface area contributed by atoms with Crippen molar-refractivity contribution >= 4 is 40.4 Å². The molecule has 2 aromatic carbocycles. The second-order valence-electron chi connectivity index (χ2n) is 7.34. The zero-order valence-electron chi connectivity index (χ0n) is 17.6. The predicted molar refractivity (Wildman–Crippen MR) is 122 cm³/mol. The van der Waals surface area contributed by atoms with Crippen LogP contribution >= 0.6 is 34.5 Å². The van der Waals surface area contributed by atoms with E-state index >= 15 is 0 Å². The Balaban J connectivity index is 1.61. The summed E-state index contributed by atoms with van der Waals surface area (Å²) in [6.45, 7) is -0.427. The number of aromatic nitrogens is 3. The third-order valence-corrected chi connectivity index (χ3v) is 6.43. The first kappa shape index (κ1) is 26.0. The lowest BCUT2D eigenvalue weighted by molar-refractivity contribution is -0.143. The number of hydrogen-bond acceptors (Lipinski definition) is 4. The van der Waals surface area contributed by atoms with Crippen molar-refractivity contribution in [2.45, 2.75) is 18.9 Å². The van der Waals surface area contributed by atoms with Gasteiger partial charge >= 0.3 is 12.4 Å². The summed E-state index contributed by atoms with van der Waals surface area (Å²) >= 11 is 12.7. The third kappa shape index (κ3) is 5.50. The fourth-order valence-electron chi connectivity index (χ4n) is 3.22. The van der Waals surface area contributed by atoms with E-state index in [1.54, 1.807) is 6.07 Å². The molecule has 1 amide bonds. The Morgan fingerprint density at radius 2 is 1.75 bits per heavy atom. The number of nitrogens with one attached hydrogen (secondary N) is 1. The van der Waals surface area contributed by atoms with Gasteiger partial charge in [-0.2, -0.15) is 31.4 Å². The number of thiazole rings is 1. The van der Waals surface area contributed by atoms with E-state index < -0.39 is 41.6 Å². The molecule has 4 aromatic rings. The molecule has 0 spiro atoms. The van der Waals surface area contributed by atoms with E-state index in [0.29, 0.717) is 21.0 Å². The molecular weight excluding hydrogens is 553 g/mol. The minimum atomic E-state index is -4.99. The minimum Gasteiger partial charge on any atom is -0.348 e. The Labute approximate surface area is 213 Å². The second-order valence-corrected chi connectivity index (χ2v) is 8.99. The lowest BCUT2D eigenvalue weighted by atomic mass is 10.1. The van der Waals surface area contributed by atoms with Crippen molar-refractivity contribution in [3.8, 4) is 16.4 Å². The zero-order valence-corrected chi connectivity index (χ0v) is 19.9. The van der Waals surface area contributed by atoms with Crippen LogP contribution in [0.4, 0.5) is 26.3 Å². The fraction of sp³-hybridized carbons (Fsp3) is 0.136. The summed E-state index contributed by atoms with van der Waals surface area (Å²) in [7, 11) is 0. The van der Waals surface area contributed by atoms with E-state index in [2.05, 4.69) is 15.4 Å². The highest BCUT2D eigenvalue weighted by Gasteiger charge is 2.41. The second kappa shape index (κ2) is 9.75. The van der Waals surface area contributed by atoms with Crippen molar-refractivity contribution in [3.63, 3.8) is 0 Å². The van der Waals surface area contributed by atoms with Crippen molar-refractivity contribution in [2.75, 3.05) is 0 Å². The van der Waals surface area contributed by atoms with Gasteiger partial charge in [0.2, 0.25) is 5.13 Å². The van der Waals surface area contributed by atoms with Crippen LogP contribution in [-0.4, -0.2) is 20.7 Å². The van der Waals surface area contributed by atoms with Crippen molar-refractivity contribution in [2.24, 2.45) is 0 Å². The number of alkyl halides is 6. The number of rotatable bonds is 5. The van der Waals surface area contributed by atoms with Crippen molar-refractivity contribution in [3.05, 3.63) is 86.5 Å². The van der Waals surface area contributed by atoms with Gasteiger partial charge in [0.1, 0.15) is 0 Å². The number of benzene rings is 2. The van der Waals surface area contributed by atoms with Gasteiger partial charge in [-0.05, 0) is 29.8 Å². The van der Waals surface area contributed by atoms with Crippen LogP contribution in [0.15, 0.2) is 54.0 Å². The number of amides is 1. The highest BCUT2D eigenvalue weighted by atomic mass is 35.5. The van der Waals surface area contributed by atoms with Gasteiger partial charge in [-0.15, -0.1) is 11.3 Å². The van der Waals surface area contributed by atoms with Crippen LogP contribution in [0, 0.1) is 0 Å². The maximum Gasteiger partial charge on any atom is 0.434 e. The molecule has 0 atom stereocenters. The molecule has 0 saturated heterocycles. The largest absolute Gasteiger partial charge is 0.434 e. The van der Waals surface area contributed by atoms with Gasteiger partial charge < -0.3 is 5.32 Å². The summed E-state index contributed by atoms with van der Waals surface area (Å²) in [6.07, 6.45) is -8.87. The maximum atomic E-state index is 13.9. The lowest BCUT2D eigenvalue weighted by Gasteiger charge is -2.12. The lowest BCUT2D eigenvalue weighted by Crippen LogP contribution is -2.26. The van der Waals surface area contributed by atoms with Gasteiger partial charge in [-0.1, -0.05) is 41.4 Å². The summed E-state index contributed by atoms with van der Waals surface area (Å²) in [5.74, 6) is -1.16. The molecule has 2 heterocycles. The molecule has 0 aliphatic carbocycles. The van der Waals surface area contributed by atoms with E-state index in [4.69, 9.17) is 23.2 Å². The van der Waals surface area contributed by atoms with Gasteiger partial charge in [0.15, 0.2) is 5.69 Å². The third-order valence-electron chi connectivity index (χ3n) is 4.88. The molecule has 36 heavy (non-hydrogen) atoms. The predicted octanol–water partition coefficient (Wildman–Crippen LogP) is 7.27. The standard InChI is InChI=1S/C22H12Cl2F6N4OS/c23-15-5-4-12(7-16(15)24)17-10-36-20(33-17)34-18(22(28,29)30)14(9-32-34)19(35)31-8-11-2-1-3-13(6-11)21(25,26)27/h1-7,9-10H,8H2,(H,31,35). The Kier molecular flexibility index (Phi) is 7.04. The molecule has 1 N–H and O–H groups in total. The molecule has 5 nitrogen and oxygen atoms in total. The Bertz CT molecular complexity index is 1430. The molecule has 14 heteroatoms. The van der Waals surface area contributed by atoms with Crippen LogP contribution < -0.4 is 5.32 Å². The van der Waals surface area contributed by atoms with Crippen molar-refractivity contribution in [1.82, 2.24) is 20.1 Å². The molecule has 0 unspecified atom stereocenters. The smallest absolute Gasteiger partial charge is 0.348 e. The monoisotopic (exact) mass is 564 g/mol. The number of halogens is 8. The summed E-state index contributed by atoms with van der Waals surface area (Å²) in [4.78, 5) is 16.8. The Morgan fingerprint density at radius 1 is 1.00 bits per heavy atom. The minimum absolute atomic E-state index is 0.0605. The zero-order chi connectivity index (χ0) is 26.3. The van der Waals surface area contributed by atoms with Gasteiger partial charge in [-0.3, -0.25) is 4.79 Å². The van der Waals surface area contributed by atoms with E-state index in [1.807, 2.05) is 0 Å². The normalized spacial score (nSPS) is 12.1. The van der Waals surface area contributed by atoms with Crippen molar-refractivity contribution in [1.29, 1.82) is 0 Å². The van der Waals surface area contributed by atoms with E-state index in [0.717, 1.165) is 35.7 Å². The Morgan fingerprint density at radius 3 is 2.42 bits per heavy atom. The van der Waals surface area contributed by atoms with Gasteiger partial charge in [0.25, 0.3) is 5.91 Å². The molecular formula is C22H12Cl2F6N4OS. The molecule has 0 radical (unpaired) electrons. The molecule has 4 rings (SSSR count). The molecule has 0 aliphatic heterocycles. The summed E-state index contributed by atoms with van der Waals surface area (Å²) < 4.78 is 81.0. The molecule has 188 valence electrons. The van der Waals surface area contributed by atoms with E-state index in [-0.39, 0.29) is 15.7 Å². The Hall–Kier alpha value is -3.09.